The highest BCUT2D eigenvalue weighted by molar-refractivity contribution is 5.68. The van der Waals surface area contributed by atoms with E-state index >= 15 is 0 Å². The minimum atomic E-state index is -0.667. The molecule has 6 nitrogen and oxygen atoms in total. The molecule has 1 aliphatic heterocycles. The van der Waals surface area contributed by atoms with E-state index in [1.54, 1.807) is 27.0 Å². The van der Waals surface area contributed by atoms with Crippen LogP contribution in [0.2, 0.25) is 0 Å². The molecular formula is C27H31F2N3O3. The third-order valence-electron chi connectivity index (χ3n) is 5.90. The third kappa shape index (κ3) is 6.45. The van der Waals surface area contributed by atoms with E-state index in [2.05, 4.69) is 5.32 Å². The molecule has 1 saturated heterocycles. The number of rotatable bonds is 6. The maximum atomic E-state index is 14.7. The highest BCUT2D eigenvalue weighted by Gasteiger charge is 2.32. The number of carbonyl (C=O) groups excluding carboxylic acids is 1. The van der Waals surface area contributed by atoms with Crippen LogP contribution in [0.4, 0.5) is 13.6 Å². The highest BCUT2D eigenvalue weighted by atomic mass is 19.1. The Bertz CT molecular complexity index is 1150. The molecule has 0 radical (unpaired) electrons. The van der Waals surface area contributed by atoms with Gasteiger partial charge < -0.3 is 19.4 Å². The van der Waals surface area contributed by atoms with E-state index in [4.69, 9.17) is 14.5 Å². The summed E-state index contributed by atoms with van der Waals surface area (Å²) in [4.78, 5) is 17.6. The number of hydrogen-bond donors (Lipinski definition) is 1. The summed E-state index contributed by atoms with van der Waals surface area (Å²) in [5, 5.41) is 3.01. The van der Waals surface area contributed by atoms with E-state index in [1.807, 2.05) is 34.9 Å². The lowest BCUT2D eigenvalue weighted by molar-refractivity contribution is 0.0336. The van der Waals surface area contributed by atoms with Crippen molar-refractivity contribution in [3.05, 3.63) is 77.8 Å². The van der Waals surface area contributed by atoms with Crippen LogP contribution in [0.25, 0.3) is 11.3 Å². The van der Waals surface area contributed by atoms with Crippen LogP contribution in [0, 0.1) is 17.6 Å². The fourth-order valence-corrected chi connectivity index (χ4v) is 4.29. The monoisotopic (exact) mass is 483 g/mol. The molecule has 2 heterocycles. The Morgan fingerprint density at radius 3 is 2.57 bits per heavy atom. The zero-order valence-electron chi connectivity index (χ0n) is 20.3. The van der Waals surface area contributed by atoms with Gasteiger partial charge in [0.2, 0.25) is 0 Å². The lowest BCUT2D eigenvalue weighted by Crippen LogP contribution is -2.40. The number of imidazole rings is 1. The van der Waals surface area contributed by atoms with Crippen molar-refractivity contribution in [1.82, 2.24) is 14.9 Å². The summed E-state index contributed by atoms with van der Waals surface area (Å²) >= 11 is 0. The van der Waals surface area contributed by atoms with Crippen LogP contribution in [0.1, 0.15) is 51.0 Å². The van der Waals surface area contributed by atoms with E-state index in [1.165, 1.54) is 0 Å². The summed E-state index contributed by atoms with van der Waals surface area (Å²) in [6, 6.07) is 12.6. The summed E-state index contributed by atoms with van der Waals surface area (Å²) < 4.78 is 41.6. The molecular weight excluding hydrogens is 452 g/mol. The number of hydrogen-bond acceptors (Lipinski definition) is 4. The van der Waals surface area contributed by atoms with Crippen molar-refractivity contribution in [2.24, 2.45) is 5.92 Å². The number of nitrogens with zero attached hydrogens (tertiary/aromatic N) is 2. The van der Waals surface area contributed by atoms with Crippen LogP contribution >= 0.6 is 0 Å². The van der Waals surface area contributed by atoms with Gasteiger partial charge in [-0.2, -0.15) is 0 Å². The Balaban J connectivity index is 1.77. The molecule has 1 amide bonds. The van der Waals surface area contributed by atoms with Gasteiger partial charge in [0.1, 0.15) is 23.1 Å². The minimum absolute atomic E-state index is 0.0402. The Morgan fingerprint density at radius 1 is 1.17 bits per heavy atom. The van der Waals surface area contributed by atoms with Gasteiger partial charge in [-0.05, 0) is 63.3 Å². The average molecular weight is 484 g/mol. The van der Waals surface area contributed by atoms with Crippen LogP contribution in [0.5, 0.6) is 0 Å². The smallest absolute Gasteiger partial charge is 0.408 e. The molecule has 0 spiro atoms. The topological polar surface area (TPSA) is 65.4 Å². The molecule has 3 aromatic rings. The van der Waals surface area contributed by atoms with Crippen molar-refractivity contribution in [2.45, 2.75) is 51.8 Å². The predicted octanol–water partition coefficient (Wildman–Crippen LogP) is 5.87. The second-order valence-electron chi connectivity index (χ2n) is 9.80. The van der Waals surface area contributed by atoms with Gasteiger partial charge in [0, 0.05) is 31.5 Å². The van der Waals surface area contributed by atoms with Gasteiger partial charge in [-0.15, -0.1) is 0 Å². The number of alkyl carbamates (subject to hydrolysis) is 1. The largest absolute Gasteiger partial charge is 0.444 e. The molecule has 1 atom stereocenters. The molecule has 1 aliphatic rings. The first-order valence-electron chi connectivity index (χ1n) is 11.8. The molecule has 1 N–H and O–H groups in total. The van der Waals surface area contributed by atoms with Gasteiger partial charge in [0.25, 0.3) is 0 Å². The van der Waals surface area contributed by atoms with Crippen molar-refractivity contribution in [3.63, 3.8) is 0 Å². The third-order valence-corrected chi connectivity index (χ3v) is 5.90. The zero-order valence-corrected chi connectivity index (χ0v) is 20.3. The van der Waals surface area contributed by atoms with Gasteiger partial charge >= 0.3 is 6.09 Å². The number of nitrogens with one attached hydrogen (secondary N) is 1. The Hall–Kier alpha value is -3.26. The summed E-state index contributed by atoms with van der Waals surface area (Å²) in [7, 11) is 0. The van der Waals surface area contributed by atoms with Crippen molar-refractivity contribution in [2.75, 3.05) is 13.2 Å². The van der Waals surface area contributed by atoms with Crippen LogP contribution in [0.15, 0.2) is 54.7 Å². The van der Waals surface area contributed by atoms with Crippen LogP contribution in [0.3, 0.4) is 0 Å². The molecule has 1 aromatic heterocycles. The number of halogens is 2. The number of ether oxygens (including phenoxy) is 2. The molecule has 35 heavy (non-hydrogen) atoms. The van der Waals surface area contributed by atoms with Crippen LogP contribution in [-0.4, -0.2) is 34.5 Å². The van der Waals surface area contributed by atoms with Gasteiger partial charge in [0.15, 0.2) is 0 Å². The fourth-order valence-electron chi connectivity index (χ4n) is 4.29. The van der Waals surface area contributed by atoms with Crippen LogP contribution < -0.4 is 5.32 Å². The first-order valence-corrected chi connectivity index (χ1v) is 11.8. The van der Waals surface area contributed by atoms with E-state index in [9.17, 15) is 13.6 Å². The zero-order chi connectivity index (χ0) is 25.0. The van der Waals surface area contributed by atoms with Crippen LogP contribution in [-0.2, 0) is 16.0 Å². The molecule has 1 fully saturated rings. The number of benzene rings is 2. The minimum Gasteiger partial charge on any atom is -0.444 e. The van der Waals surface area contributed by atoms with E-state index in [0.29, 0.717) is 31.3 Å². The van der Waals surface area contributed by atoms with E-state index in [0.717, 1.165) is 36.6 Å². The first kappa shape index (κ1) is 24.9. The molecule has 186 valence electrons. The molecule has 0 aliphatic carbocycles. The maximum Gasteiger partial charge on any atom is 0.408 e. The molecule has 1 unspecified atom stereocenters. The van der Waals surface area contributed by atoms with Gasteiger partial charge in [-0.25, -0.2) is 18.6 Å². The summed E-state index contributed by atoms with van der Waals surface area (Å²) in [5.74, 6) is -0.512. The number of carbonyl (C=O) groups is 1. The standard InChI is InChI=1S/C27H31F2N3O3/c1-27(2,3)35-26(33)31-24(19-11-13-34-14-12-19)25-30-23(21-15-20(28)9-10-22(21)29)17-32(25)16-18-7-5-4-6-8-18/h4-10,15,17,19,24H,11-14,16H2,1-3H3,(H,31,33). The Kier molecular flexibility index (Phi) is 7.50. The number of amides is 1. The summed E-state index contributed by atoms with van der Waals surface area (Å²) in [6.07, 6.45) is 2.61. The second kappa shape index (κ2) is 10.6. The van der Waals surface area contributed by atoms with Crippen molar-refractivity contribution >= 4 is 6.09 Å². The summed E-state index contributed by atoms with van der Waals surface area (Å²) in [6.45, 7) is 7.01. The highest BCUT2D eigenvalue weighted by Crippen LogP contribution is 2.33. The second-order valence-corrected chi connectivity index (χ2v) is 9.80. The Labute approximate surface area is 204 Å². The van der Waals surface area contributed by atoms with Gasteiger partial charge in [-0.1, -0.05) is 30.3 Å². The molecule has 0 bridgehead atoms. The van der Waals surface area contributed by atoms with Crippen molar-refractivity contribution in [3.8, 4) is 11.3 Å². The molecule has 8 heteroatoms. The van der Waals surface area contributed by atoms with E-state index < -0.39 is 29.4 Å². The predicted molar refractivity (Wildman–Crippen MR) is 129 cm³/mol. The molecule has 4 rings (SSSR count). The quantitative estimate of drug-likeness (QED) is 0.476. The lowest BCUT2D eigenvalue weighted by Gasteiger charge is -2.31. The normalized spacial score (nSPS) is 15.6. The summed E-state index contributed by atoms with van der Waals surface area (Å²) in [5.41, 5.74) is 0.719. The molecule has 2 aromatic carbocycles. The fraction of sp³-hybridized carbons (Fsp3) is 0.407. The van der Waals surface area contributed by atoms with Crippen molar-refractivity contribution in [1.29, 1.82) is 0 Å². The SMILES string of the molecule is CC(C)(C)OC(=O)NC(c1nc(-c2cc(F)ccc2F)cn1Cc1ccccc1)C1CCOCC1. The average Bonchev–Trinajstić information content (AvgIpc) is 3.22. The first-order chi connectivity index (χ1) is 16.7. The van der Waals surface area contributed by atoms with Gasteiger partial charge in [0.05, 0.1) is 11.7 Å². The lowest BCUT2D eigenvalue weighted by atomic mass is 9.91. The van der Waals surface area contributed by atoms with Gasteiger partial charge in [-0.3, -0.25) is 0 Å². The van der Waals surface area contributed by atoms with E-state index in [-0.39, 0.29) is 11.5 Å². The maximum absolute atomic E-state index is 14.7. The molecule has 0 saturated carbocycles. The Morgan fingerprint density at radius 2 is 1.89 bits per heavy atom. The number of aromatic nitrogens is 2. The van der Waals surface area contributed by atoms with Crippen molar-refractivity contribution < 1.29 is 23.0 Å².